The first-order valence-corrected chi connectivity index (χ1v) is 7.81. The Morgan fingerprint density at radius 3 is 3.04 bits per heavy atom. The number of aromatic nitrogens is 4. The highest BCUT2D eigenvalue weighted by atomic mass is 16.5. The quantitative estimate of drug-likeness (QED) is 0.740. The highest BCUT2D eigenvalue weighted by Gasteiger charge is 2.13. The van der Waals surface area contributed by atoms with Gasteiger partial charge in [-0.3, -0.25) is 4.68 Å². The maximum absolute atomic E-state index is 5.64. The lowest BCUT2D eigenvalue weighted by Gasteiger charge is -2.17. The number of ether oxygens (including phenoxy) is 1. The number of hydrogen-bond donors (Lipinski definition) is 0. The topological polar surface area (TPSA) is 66.0 Å². The highest BCUT2D eigenvalue weighted by Crippen LogP contribution is 2.26. The van der Waals surface area contributed by atoms with Crippen LogP contribution in [0.5, 0.6) is 5.75 Å². The molecule has 23 heavy (non-hydrogen) atoms. The Balaban J connectivity index is 1.48. The van der Waals surface area contributed by atoms with Crippen molar-refractivity contribution < 1.29 is 9.26 Å². The van der Waals surface area contributed by atoms with Gasteiger partial charge in [0.1, 0.15) is 5.75 Å². The molecule has 0 N–H and O–H groups in total. The fraction of sp³-hybridized carbons (Fsp3) is 0.353. The van der Waals surface area contributed by atoms with Crippen LogP contribution in [0.2, 0.25) is 0 Å². The molecule has 0 unspecified atom stereocenters. The average Bonchev–Trinajstić information content (AvgIpc) is 3.17. The van der Waals surface area contributed by atoms with Gasteiger partial charge in [0.05, 0.1) is 19.4 Å². The Hall–Kier alpha value is -2.63. The van der Waals surface area contributed by atoms with Crippen LogP contribution in [0, 0.1) is 0 Å². The van der Waals surface area contributed by atoms with Gasteiger partial charge in [0.15, 0.2) is 5.82 Å². The SMILES string of the molecule is Cn1nccc1Cc1noc(Cc2ccc3c(c2)CCCO3)n1. The van der Waals surface area contributed by atoms with E-state index in [1.54, 1.807) is 6.20 Å². The maximum Gasteiger partial charge on any atom is 0.231 e. The molecule has 0 fully saturated rings. The van der Waals surface area contributed by atoms with E-state index >= 15 is 0 Å². The molecular formula is C17H18N4O2. The third-order valence-electron chi connectivity index (χ3n) is 4.10. The van der Waals surface area contributed by atoms with Crippen molar-refractivity contribution in [2.24, 2.45) is 7.05 Å². The summed E-state index contributed by atoms with van der Waals surface area (Å²) in [5.74, 6) is 2.33. The monoisotopic (exact) mass is 310 g/mol. The minimum Gasteiger partial charge on any atom is -0.493 e. The second-order valence-electron chi connectivity index (χ2n) is 5.80. The summed E-state index contributed by atoms with van der Waals surface area (Å²) < 4.78 is 12.8. The molecule has 0 aliphatic carbocycles. The molecule has 0 saturated heterocycles. The molecular weight excluding hydrogens is 292 g/mol. The second kappa shape index (κ2) is 5.87. The predicted octanol–water partition coefficient (Wildman–Crippen LogP) is 2.31. The predicted molar refractivity (Wildman–Crippen MR) is 83.4 cm³/mol. The minimum absolute atomic E-state index is 0.623. The Bertz CT molecular complexity index is 822. The Morgan fingerprint density at radius 2 is 2.17 bits per heavy atom. The van der Waals surface area contributed by atoms with Crippen molar-refractivity contribution in [2.45, 2.75) is 25.7 Å². The molecule has 1 aliphatic rings. The van der Waals surface area contributed by atoms with Crippen LogP contribution in [-0.4, -0.2) is 26.5 Å². The smallest absolute Gasteiger partial charge is 0.231 e. The molecule has 6 heteroatoms. The minimum atomic E-state index is 0.623. The molecule has 0 radical (unpaired) electrons. The largest absolute Gasteiger partial charge is 0.493 e. The molecule has 0 saturated carbocycles. The van der Waals surface area contributed by atoms with Crippen LogP contribution in [0.1, 0.15) is 35.0 Å². The van der Waals surface area contributed by atoms with Crippen LogP contribution in [0.4, 0.5) is 0 Å². The molecule has 2 aromatic heterocycles. The van der Waals surface area contributed by atoms with E-state index in [-0.39, 0.29) is 0 Å². The summed E-state index contributed by atoms with van der Waals surface area (Å²) in [5.41, 5.74) is 3.50. The van der Waals surface area contributed by atoms with E-state index in [9.17, 15) is 0 Å². The first-order valence-electron chi connectivity index (χ1n) is 7.81. The van der Waals surface area contributed by atoms with Gasteiger partial charge in [-0.1, -0.05) is 17.3 Å². The summed E-state index contributed by atoms with van der Waals surface area (Å²) >= 11 is 0. The molecule has 3 aromatic rings. The van der Waals surface area contributed by atoms with Crippen LogP contribution < -0.4 is 4.74 Å². The number of rotatable bonds is 4. The van der Waals surface area contributed by atoms with Crippen molar-refractivity contribution in [1.29, 1.82) is 0 Å². The van der Waals surface area contributed by atoms with Crippen molar-refractivity contribution in [3.05, 3.63) is 59.0 Å². The third kappa shape index (κ3) is 2.97. The van der Waals surface area contributed by atoms with E-state index in [2.05, 4.69) is 27.4 Å². The van der Waals surface area contributed by atoms with Crippen LogP contribution in [-0.2, 0) is 26.3 Å². The summed E-state index contributed by atoms with van der Waals surface area (Å²) in [6.07, 6.45) is 5.18. The van der Waals surface area contributed by atoms with Gasteiger partial charge in [-0.15, -0.1) is 0 Å². The highest BCUT2D eigenvalue weighted by molar-refractivity contribution is 5.39. The Morgan fingerprint density at radius 1 is 1.22 bits per heavy atom. The van der Waals surface area contributed by atoms with E-state index in [0.29, 0.717) is 24.6 Å². The summed E-state index contributed by atoms with van der Waals surface area (Å²) in [7, 11) is 1.91. The summed E-state index contributed by atoms with van der Waals surface area (Å²) in [6.45, 7) is 0.813. The molecule has 3 heterocycles. The zero-order chi connectivity index (χ0) is 15.6. The second-order valence-corrected chi connectivity index (χ2v) is 5.80. The molecule has 0 bridgehead atoms. The van der Waals surface area contributed by atoms with Crippen LogP contribution in [0.3, 0.4) is 0 Å². The molecule has 1 aromatic carbocycles. The molecule has 118 valence electrons. The first-order chi connectivity index (χ1) is 11.3. The van der Waals surface area contributed by atoms with Gasteiger partial charge in [0.2, 0.25) is 5.89 Å². The molecule has 0 amide bonds. The van der Waals surface area contributed by atoms with Gasteiger partial charge in [-0.25, -0.2) is 0 Å². The fourth-order valence-electron chi connectivity index (χ4n) is 2.87. The molecule has 4 rings (SSSR count). The summed E-state index contributed by atoms with van der Waals surface area (Å²) in [4.78, 5) is 4.48. The van der Waals surface area contributed by atoms with Crippen LogP contribution in [0.15, 0.2) is 35.0 Å². The normalized spacial score (nSPS) is 13.6. The van der Waals surface area contributed by atoms with Gasteiger partial charge in [-0.2, -0.15) is 10.1 Å². The van der Waals surface area contributed by atoms with Gasteiger partial charge in [0, 0.05) is 18.9 Å². The van der Waals surface area contributed by atoms with E-state index < -0.39 is 0 Å². The van der Waals surface area contributed by atoms with Gasteiger partial charge >= 0.3 is 0 Å². The number of hydrogen-bond acceptors (Lipinski definition) is 5. The lowest BCUT2D eigenvalue weighted by Crippen LogP contribution is -2.08. The van der Waals surface area contributed by atoms with Gasteiger partial charge < -0.3 is 9.26 Å². The number of benzene rings is 1. The zero-order valence-electron chi connectivity index (χ0n) is 13.0. The van der Waals surface area contributed by atoms with Gasteiger partial charge in [-0.05, 0) is 36.1 Å². The summed E-state index contributed by atoms with van der Waals surface area (Å²) in [5, 5.41) is 8.21. The van der Waals surface area contributed by atoms with Crippen molar-refractivity contribution >= 4 is 0 Å². The van der Waals surface area contributed by atoms with Crippen molar-refractivity contribution in [3.63, 3.8) is 0 Å². The van der Waals surface area contributed by atoms with E-state index in [0.717, 1.165) is 30.9 Å². The Kier molecular flexibility index (Phi) is 3.57. The maximum atomic E-state index is 5.64. The lowest BCUT2D eigenvalue weighted by molar-refractivity contribution is 0.288. The molecule has 6 nitrogen and oxygen atoms in total. The van der Waals surface area contributed by atoms with Crippen molar-refractivity contribution in [3.8, 4) is 5.75 Å². The van der Waals surface area contributed by atoms with Crippen LogP contribution >= 0.6 is 0 Å². The van der Waals surface area contributed by atoms with Gasteiger partial charge in [0.25, 0.3) is 0 Å². The third-order valence-corrected chi connectivity index (χ3v) is 4.10. The zero-order valence-corrected chi connectivity index (χ0v) is 13.0. The standard InChI is InChI=1S/C17H18N4O2/c1-21-14(6-7-18-21)11-16-19-17(23-20-16)10-12-4-5-15-13(9-12)3-2-8-22-15/h4-7,9H,2-3,8,10-11H2,1H3. The van der Waals surface area contributed by atoms with Crippen LogP contribution in [0.25, 0.3) is 0 Å². The number of nitrogens with zero attached hydrogens (tertiary/aromatic N) is 4. The van der Waals surface area contributed by atoms with E-state index in [1.165, 1.54) is 11.1 Å². The molecule has 0 atom stereocenters. The van der Waals surface area contributed by atoms with Crippen molar-refractivity contribution in [1.82, 2.24) is 19.9 Å². The average molecular weight is 310 g/mol. The molecule has 1 aliphatic heterocycles. The van der Waals surface area contributed by atoms with E-state index in [1.807, 2.05) is 23.9 Å². The number of fused-ring (bicyclic) bond motifs is 1. The van der Waals surface area contributed by atoms with Crippen molar-refractivity contribution in [2.75, 3.05) is 6.61 Å². The summed E-state index contributed by atoms with van der Waals surface area (Å²) in [6, 6.07) is 8.24. The van der Waals surface area contributed by atoms with E-state index in [4.69, 9.17) is 9.26 Å². The fourth-order valence-corrected chi connectivity index (χ4v) is 2.87. The Labute approximate surface area is 134 Å². The molecule has 0 spiro atoms. The lowest BCUT2D eigenvalue weighted by atomic mass is 10.0. The number of aryl methyl sites for hydroxylation is 2. The first kappa shape index (κ1) is 14.0.